The Bertz CT molecular complexity index is 351. The minimum Gasteiger partial charge on any atom is -0.490 e. The van der Waals surface area contributed by atoms with E-state index in [0.717, 1.165) is 6.54 Å². The van der Waals surface area contributed by atoms with E-state index in [0.29, 0.717) is 23.1 Å². The molecule has 3 nitrogen and oxygen atoms in total. The first kappa shape index (κ1) is 11.6. The van der Waals surface area contributed by atoms with Crippen molar-refractivity contribution < 1.29 is 4.74 Å². The molecule has 0 radical (unpaired) electrons. The van der Waals surface area contributed by atoms with Crippen molar-refractivity contribution in [2.45, 2.75) is 12.8 Å². The Labute approximate surface area is 101 Å². The highest BCUT2D eigenvalue weighted by Crippen LogP contribution is 2.25. The Hall–Kier alpha value is -0.930. The van der Waals surface area contributed by atoms with Crippen LogP contribution in [0, 0.1) is 0 Å². The molecule has 0 atom stereocenters. The molecule has 16 heavy (non-hydrogen) atoms. The Morgan fingerprint density at radius 2 is 2.06 bits per heavy atom. The summed E-state index contributed by atoms with van der Waals surface area (Å²) in [4.78, 5) is 2.40. The normalized spacial score (nSPS) is 16.6. The maximum Gasteiger partial charge on any atom is 0.143 e. The van der Waals surface area contributed by atoms with Gasteiger partial charge in [-0.05, 0) is 38.1 Å². The van der Waals surface area contributed by atoms with E-state index >= 15 is 0 Å². The van der Waals surface area contributed by atoms with Crippen molar-refractivity contribution in [2.24, 2.45) is 0 Å². The van der Waals surface area contributed by atoms with Gasteiger partial charge in [0.1, 0.15) is 12.4 Å². The fourth-order valence-electron chi connectivity index (χ4n) is 1.92. The number of nitrogen functional groups attached to an aromatic ring is 1. The zero-order valence-corrected chi connectivity index (χ0v) is 10.0. The lowest BCUT2D eigenvalue weighted by atomic mass is 10.3. The molecule has 1 saturated heterocycles. The first-order chi connectivity index (χ1) is 7.75. The third kappa shape index (κ3) is 3.03. The molecule has 1 heterocycles. The molecule has 0 unspecified atom stereocenters. The lowest BCUT2D eigenvalue weighted by Gasteiger charge is -2.15. The maximum absolute atomic E-state index is 5.88. The van der Waals surface area contributed by atoms with Gasteiger partial charge in [0.15, 0.2) is 0 Å². The Morgan fingerprint density at radius 1 is 1.31 bits per heavy atom. The Balaban J connectivity index is 1.82. The van der Waals surface area contributed by atoms with Gasteiger partial charge < -0.3 is 10.5 Å². The van der Waals surface area contributed by atoms with E-state index in [9.17, 15) is 0 Å². The summed E-state index contributed by atoms with van der Waals surface area (Å²) in [5, 5.41) is 0.658. The van der Waals surface area contributed by atoms with Gasteiger partial charge in [-0.2, -0.15) is 0 Å². The molecule has 1 aliphatic rings. The average molecular weight is 241 g/mol. The predicted molar refractivity (Wildman–Crippen MR) is 67.0 cm³/mol. The van der Waals surface area contributed by atoms with E-state index in [2.05, 4.69) is 4.90 Å². The van der Waals surface area contributed by atoms with E-state index < -0.39 is 0 Å². The molecule has 1 aromatic rings. The zero-order chi connectivity index (χ0) is 11.4. The zero-order valence-electron chi connectivity index (χ0n) is 9.29. The minimum absolute atomic E-state index is 0.644. The molecule has 1 fully saturated rings. The number of ether oxygens (including phenoxy) is 1. The van der Waals surface area contributed by atoms with Crippen LogP contribution in [0.4, 0.5) is 5.69 Å². The molecule has 1 aromatic carbocycles. The molecule has 2 rings (SSSR count). The second-order valence-corrected chi connectivity index (χ2v) is 4.52. The molecule has 0 spiro atoms. The summed E-state index contributed by atoms with van der Waals surface area (Å²) in [6, 6.07) is 5.30. The molecule has 2 N–H and O–H groups in total. The number of hydrogen-bond donors (Lipinski definition) is 1. The Morgan fingerprint density at radius 3 is 2.81 bits per heavy atom. The molecular weight excluding hydrogens is 224 g/mol. The minimum atomic E-state index is 0.644. The quantitative estimate of drug-likeness (QED) is 0.822. The maximum atomic E-state index is 5.88. The van der Waals surface area contributed by atoms with Crippen molar-refractivity contribution in [2.75, 3.05) is 32.0 Å². The summed E-state index contributed by atoms with van der Waals surface area (Å²) in [5.74, 6) is 0.687. The Kier molecular flexibility index (Phi) is 3.91. The van der Waals surface area contributed by atoms with Gasteiger partial charge in [-0.1, -0.05) is 11.6 Å². The number of anilines is 1. The van der Waals surface area contributed by atoms with Gasteiger partial charge >= 0.3 is 0 Å². The number of halogens is 1. The molecular formula is C12H17ClN2O. The molecule has 0 aliphatic carbocycles. The van der Waals surface area contributed by atoms with Crippen molar-refractivity contribution in [1.29, 1.82) is 0 Å². The van der Waals surface area contributed by atoms with Crippen LogP contribution in [0.2, 0.25) is 5.02 Å². The predicted octanol–water partition coefficient (Wildman–Crippen LogP) is 2.40. The molecule has 0 amide bonds. The van der Waals surface area contributed by atoms with Crippen LogP contribution < -0.4 is 10.5 Å². The molecule has 0 aromatic heterocycles. The standard InChI is InChI=1S/C12H17ClN2O/c13-10-3-4-11(14)12(9-10)16-8-7-15-5-1-2-6-15/h3-4,9H,1-2,5-8,14H2. The van der Waals surface area contributed by atoms with Crippen LogP contribution in [-0.4, -0.2) is 31.1 Å². The molecule has 1 aliphatic heterocycles. The van der Waals surface area contributed by atoms with E-state index in [1.54, 1.807) is 18.2 Å². The summed E-state index contributed by atoms with van der Waals surface area (Å²) in [6.07, 6.45) is 2.61. The van der Waals surface area contributed by atoms with Gasteiger partial charge in [0.2, 0.25) is 0 Å². The van der Waals surface area contributed by atoms with Crippen molar-refractivity contribution in [3.63, 3.8) is 0 Å². The lowest BCUT2D eigenvalue weighted by molar-refractivity contribution is 0.238. The van der Waals surface area contributed by atoms with Crippen LogP contribution in [-0.2, 0) is 0 Å². The number of hydrogen-bond acceptors (Lipinski definition) is 3. The number of likely N-dealkylation sites (tertiary alicyclic amines) is 1. The summed E-state index contributed by atoms with van der Waals surface area (Å²) < 4.78 is 5.63. The number of nitrogens with two attached hydrogens (primary N) is 1. The molecule has 0 saturated carbocycles. The monoisotopic (exact) mass is 240 g/mol. The highest BCUT2D eigenvalue weighted by molar-refractivity contribution is 6.30. The number of rotatable bonds is 4. The van der Waals surface area contributed by atoms with Gasteiger partial charge in [0.05, 0.1) is 5.69 Å². The van der Waals surface area contributed by atoms with E-state index in [-0.39, 0.29) is 0 Å². The fraction of sp³-hybridized carbons (Fsp3) is 0.500. The van der Waals surface area contributed by atoms with Crippen LogP contribution >= 0.6 is 11.6 Å². The average Bonchev–Trinajstić information content (AvgIpc) is 2.76. The summed E-state index contributed by atoms with van der Waals surface area (Å²) in [6.45, 7) is 4.01. The van der Waals surface area contributed by atoms with Crippen molar-refractivity contribution in [3.05, 3.63) is 23.2 Å². The smallest absolute Gasteiger partial charge is 0.143 e. The van der Waals surface area contributed by atoms with Crippen LogP contribution in [0.3, 0.4) is 0 Å². The molecule has 88 valence electrons. The van der Waals surface area contributed by atoms with Crippen molar-refractivity contribution in [3.8, 4) is 5.75 Å². The number of benzene rings is 1. The van der Waals surface area contributed by atoms with E-state index in [1.807, 2.05) is 0 Å². The fourth-order valence-corrected chi connectivity index (χ4v) is 2.09. The van der Waals surface area contributed by atoms with E-state index in [4.69, 9.17) is 22.1 Å². The summed E-state index contributed by atoms with van der Waals surface area (Å²) >= 11 is 5.88. The first-order valence-electron chi connectivity index (χ1n) is 5.66. The third-order valence-corrected chi connectivity index (χ3v) is 3.07. The van der Waals surface area contributed by atoms with Gasteiger partial charge in [0.25, 0.3) is 0 Å². The van der Waals surface area contributed by atoms with Crippen LogP contribution in [0.25, 0.3) is 0 Å². The third-order valence-electron chi connectivity index (χ3n) is 2.84. The van der Waals surface area contributed by atoms with Crippen molar-refractivity contribution in [1.82, 2.24) is 4.90 Å². The summed E-state index contributed by atoms with van der Waals surface area (Å²) in [7, 11) is 0. The lowest BCUT2D eigenvalue weighted by Crippen LogP contribution is -2.25. The topological polar surface area (TPSA) is 38.5 Å². The van der Waals surface area contributed by atoms with Gasteiger partial charge in [-0.15, -0.1) is 0 Å². The van der Waals surface area contributed by atoms with Crippen LogP contribution in [0.15, 0.2) is 18.2 Å². The highest BCUT2D eigenvalue weighted by atomic mass is 35.5. The number of nitrogens with zero attached hydrogens (tertiary/aromatic N) is 1. The largest absolute Gasteiger partial charge is 0.490 e. The summed E-state index contributed by atoms with van der Waals surface area (Å²) in [5.41, 5.74) is 6.43. The van der Waals surface area contributed by atoms with Gasteiger partial charge in [-0.25, -0.2) is 0 Å². The van der Waals surface area contributed by atoms with Gasteiger partial charge in [-0.3, -0.25) is 4.90 Å². The molecule has 0 bridgehead atoms. The van der Waals surface area contributed by atoms with Crippen LogP contribution in [0.5, 0.6) is 5.75 Å². The highest BCUT2D eigenvalue weighted by Gasteiger charge is 2.11. The van der Waals surface area contributed by atoms with E-state index in [1.165, 1.54) is 25.9 Å². The van der Waals surface area contributed by atoms with Crippen LogP contribution in [0.1, 0.15) is 12.8 Å². The SMILES string of the molecule is Nc1ccc(Cl)cc1OCCN1CCCC1. The first-order valence-corrected chi connectivity index (χ1v) is 6.04. The van der Waals surface area contributed by atoms with Crippen molar-refractivity contribution >= 4 is 17.3 Å². The molecule has 4 heteroatoms. The second-order valence-electron chi connectivity index (χ2n) is 4.08. The second kappa shape index (κ2) is 5.41. The van der Waals surface area contributed by atoms with Gasteiger partial charge in [0, 0.05) is 17.6 Å².